The summed E-state index contributed by atoms with van der Waals surface area (Å²) >= 11 is 0. The molecule has 0 spiro atoms. The Morgan fingerprint density at radius 2 is 1.61 bits per heavy atom. The number of hydrogen-bond donors (Lipinski definition) is 3. The number of carbonyl (C=O) groups excluding carboxylic acids is 1. The van der Waals surface area contributed by atoms with Crippen molar-refractivity contribution in [3.63, 3.8) is 0 Å². The van der Waals surface area contributed by atoms with Gasteiger partial charge in [-0.3, -0.25) is 4.79 Å². The Kier molecular flexibility index (Phi) is 13.4. The number of hydrogen-bond acceptors (Lipinski definition) is 5. The van der Waals surface area contributed by atoms with Crippen molar-refractivity contribution in [2.24, 2.45) is 0 Å². The van der Waals surface area contributed by atoms with E-state index in [0.29, 0.717) is 50.1 Å². The summed E-state index contributed by atoms with van der Waals surface area (Å²) in [5.41, 5.74) is 7.68. The van der Waals surface area contributed by atoms with Crippen molar-refractivity contribution >= 4 is 28.3 Å². The molecular weight excluding hydrogens is 418 g/mol. The van der Waals surface area contributed by atoms with Gasteiger partial charge in [0.05, 0.1) is 25.5 Å². The van der Waals surface area contributed by atoms with Crippen molar-refractivity contribution in [1.29, 1.82) is 0 Å². The van der Waals surface area contributed by atoms with Gasteiger partial charge >= 0.3 is 0 Å². The number of aromatic nitrogens is 1. The third-order valence-corrected chi connectivity index (χ3v) is 5.76. The van der Waals surface area contributed by atoms with Crippen LogP contribution in [0.15, 0.2) is 18.2 Å². The van der Waals surface area contributed by atoms with Crippen LogP contribution in [0, 0.1) is 0 Å². The Balaban J connectivity index is 1.67. The molecule has 0 saturated heterocycles. The van der Waals surface area contributed by atoms with Gasteiger partial charge in [0.25, 0.3) is 0 Å². The summed E-state index contributed by atoms with van der Waals surface area (Å²) in [6.07, 6.45) is 13.0. The Morgan fingerprint density at radius 1 is 0.939 bits per heavy atom. The number of carbonyl (C=O) groups is 1. The van der Waals surface area contributed by atoms with E-state index in [4.69, 9.17) is 19.9 Å². The van der Waals surface area contributed by atoms with E-state index in [2.05, 4.69) is 17.2 Å². The minimum absolute atomic E-state index is 0.00231. The molecule has 1 aromatic carbocycles. The predicted molar refractivity (Wildman–Crippen MR) is 136 cm³/mol. The number of rotatable bonds is 19. The van der Waals surface area contributed by atoms with Crippen molar-refractivity contribution in [3.8, 4) is 5.75 Å². The zero-order valence-electron chi connectivity index (χ0n) is 20.5. The lowest BCUT2D eigenvalue weighted by Crippen LogP contribution is -2.12. The molecule has 7 nitrogen and oxygen atoms in total. The number of unbranched alkanes of at least 4 members (excludes halogenated alkanes) is 9. The van der Waals surface area contributed by atoms with E-state index in [0.717, 1.165) is 23.7 Å². The number of nitrogens with one attached hydrogen (secondary N) is 2. The lowest BCUT2D eigenvalue weighted by molar-refractivity contribution is -0.116. The first-order valence-corrected chi connectivity index (χ1v) is 12.6. The maximum atomic E-state index is 12.4. The summed E-state index contributed by atoms with van der Waals surface area (Å²) < 4.78 is 16.1. The zero-order chi connectivity index (χ0) is 23.7. The predicted octanol–water partition coefficient (Wildman–Crippen LogP) is 6.04. The molecule has 0 bridgehead atoms. The smallest absolute Gasteiger partial charge is 0.225 e. The fourth-order valence-corrected chi connectivity index (χ4v) is 3.82. The highest BCUT2D eigenvalue weighted by Gasteiger charge is 2.12. The summed E-state index contributed by atoms with van der Waals surface area (Å²) in [6, 6.07) is 5.67. The Bertz CT molecular complexity index is 806. The molecule has 0 radical (unpaired) electrons. The topological polar surface area (TPSA) is 98.6 Å². The highest BCUT2D eigenvalue weighted by molar-refractivity contribution is 6.03. The SMILES string of the molecule is CCCCCCCCCCCCC(=O)Nc1[nH]c2ccc(OCCOCCOC)cc2c1N. The number of nitrogen functional groups attached to an aromatic ring is 1. The second-order valence-electron chi connectivity index (χ2n) is 8.55. The lowest BCUT2D eigenvalue weighted by Gasteiger charge is -2.07. The van der Waals surface area contributed by atoms with E-state index in [1.54, 1.807) is 7.11 Å². The molecule has 7 heteroatoms. The number of methoxy groups -OCH3 is 1. The molecule has 2 rings (SSSR count). The second kappa shape index (κ2) is 16.4. The van der Waals surface area contributed by atoms with Gasteiger partial charge in [0.2, 0.25) is 5.91 Å². The van der Waals surface area contributed by atoms with E-state index in [9.17, 15) is 4.79 Å². The molecule has 0 saturated carbocycles. The zero-order valence-corrected chi connectivity index (χ0v) is 20.5. The number of fused-ring (bicyclic) bond motifs is 1. The van der Waals surface area contributed by atoms with Gasteiger partial charge in [0.1, 0.15) is 18.2 Å². The van der Waals surface area contributed by atoms with Crippen molar-refractivity contribution in [1.82, 2.24) is 4.98 Å². The first-order valence-electron chi connectivity index (χ1n) is 12.6. The number of amides is 1. The van der Waals surface area contributed by atoms with Gasteiger partial charge in [0, 0.05) is 24.4 Å². The first-order chi connectivity index (χ1) is 16.2. The van der Waals surface area contributed by atoms with Gasteiger partial charge in [0.15, 0.2) is 0 Å². The molecule has 186 valence electrons. The van der Waals surface area contributed by atoms with Gasteiger partial charge in [-0.15, -0.1) is 0 Å². The average Bonchev–Trinajstić information content (AvgIpc) is 3.12. The fraction of sp³-hybridized carbons (Fsp3) is 0.654. The fourth-order valence-electron chi connectivity index (χ4n) is 3.82. The molecule has 1 aromatic heterocycles. The lowest BCUT2D eigenvalue weighted by atomic mass is 10.1. The highest BCUT2D eigenvalue weighted by atomic mass is 16.5. The minimum atomic E-state index is -0.00231. The number of benzene rings is 1. The maximum absolute atomic E-state index is 12.4. The number of anilines is 2. The molecule has 0 unspecified atom stereocenters. The normalized spacial score (nSPS) is 11.2. The van der Waals surface area contributed by atoms with E-state index < -0.39 is 0 Å². The molecular formula is C26H43N3O4. The van der Waals surface area contributed by atoms with Crippen LogP contribution in [-0.2, 0) is 14.3 Å². The van der Waals surface area contributed by atoms with Gasteiger partial charge in [-0.05, 0) is 24.6 Å². The number of nitrogens with two attached hydrogens (primary N) is 1. The average molecular weight is 462 g/mol. The van der Waals surface area contributed by atoms with E-state index in [1.165, 1.54) is 51.4 Å². The third kappa shape index (κ3) is 10.5. The standard InChI is InChI=1S/C26H43N3O4/c1-3-4-5-6-7-8-9-10-11-12-13-24(30)29-26-25(27)22-20-21(14-15-23(22)28-26)33-19-18-32-17-16-31-2/h14-15,20,28H,3-13,16-19,27H2,1-2H3,(H,29,30). The number of ether oxygens (including phenoxy) is 3. The Hall–Kier alpha value is -2.25. The Morgan fingerprint density at radius 3 is 2.30 bits per heavy atom. The van der Waals surface area contributed by atoms with Crippen LogP contribution in [0.2, 0.25) is 0 Å². The van der Waals surface area contributed by atoms with Gasteiger partial charge in [-0.25, -0.2) is 0 Å². The van der Waals surface area contributed by atoms with Crippen LogP contribution in [0.1, 0.15) is 77.6 Å². The maximum Gasteiger partial charge on any atom is 0.225 e. The molecule has 2 aromatic rings. The van der Waals surface area contributed by atoms with Gasteiger partial charge in [-0.1, -0.05) is 64.7 Å². The van der Waals surface area contributed by atoms with Crippen molar-refractivity contribution < 1.29 is 19.0 Å². The van der Waals surface area contributed by atoms with Crippen LogP contribution in [0.4, 0.5) is 11.5 Å². The van der Waals surface area contributed by atoms with Crippen LogP contribution in [0.5, 0.6) is 5.75 Å². The summed E-state index contributed by atoms with van der Waals surface area (Å²) in [5, 5.41) is 3.76. The molecule has 0 atom stereocenters. The largest absolute Gasteiger partial charge is 0.491 e. The molecule has 1 amide bonds. The highest BCUT2D eigenvalue weighted by Crippen LogP contribution is 2.31. The molecule has 33 heavy (non-hydrogen) atoms. The van der Waals surface area contributed by atoms with Crippen molar-refractivity contribution in [3.05, 3.63) is 18.2 Å². The summed E-state index contributed by atoms with van der Waals surface area (Å²) in [7, 11) is 1.64. The van der Waals surface area contributed by atoms with Crippen LogP contribution in [-0.4, -0.2) is 44.4 Å². The summed E-state index contributed by atoms with van der Waals surface area (Å²) in [6.45, 7) is 4.30. The van der Waals surface area contributed by atoms with E-state index in [-0.39, 0.29) is 5.91 Å². The van der Waals surface area contributed by atoms with Crippen LogP contribution in [0.3, 0.4) is 0 Å². The molecule has 1 heterocycles. The Labute approximate surface area is 198 Å². The first kappa shape index (κ1) is 27.0. The van der Waals surface area contributed by atoms with Crippen LogP contribution in [0.25, 0.3) is 10.9 Å². The second-order valence-corrected chi connectivity index (χ2v) is 8.55. The summed E-state index contributed by atoms with van der Waals surface area (Å²) in [5.74, 6) is 1.27. The van der Waals surface area contributed by atoms with Gasteiger partial charge < -0.3 is 30.2 Å². The van der Waals surface area contributed by atoms with Crippen LogP contribution < -0.4 is 15.8 Å². The minimum Gasteiger partial charge on any atom is -0.491 e. The third-order valence-electron chi connectivity index (χ3n) is 5.76. The summed E-state index contributed by atoms with van der Waals surface area (Å²) in [4.78, 5) is 15.6. The van der Waals surface area contributed by atoms with E-state index >= 15 is 0 Å². The molecule has 0 aliphatic carbocycles. The van der Waals surface area contributed by atoms with Crippen molar-refractivity contribution in [2.75, 3.05) is 44.6 Å². The molecule has 0 aliphatic heterocycles. The molecule has 0 fully saturated rings. The van der Waals surface area contributed by atoms with E-state index in [1.807, 2.05) is 18.2 Å². The molecule has 0 aliphatic rings. The molecule has 4 N–H and O–H groups in total. The monoisotopic (exact) mass is 461 g/mol. The van der Waals surface area contributed by atoms with Gasteiger partial charge in [-0.2, -0.15) is 0 Å². The quantitative estimate of drug-likeness (QED) is 0.221. The van der Waals surface area contributed by atoms with Crippen molar-refractivity contribution in [2.45, 2.75) is 77.6 Å². The number of aromatic amines is 1. The number of H-pyrrole nitrogens is 1. The van der Waals surface area contributed by atoms with Crippen LogP contribution >= 0.6 is 0 Å².